The molecule has 0 spiro atoms. The molecule has 0 saturated carbocycles. The van der Waals surface area contributed by atoms with Crippen LogP contribution in [0.5, 0.6) is 0 Å². The Balaban J connectivity index is 1.95. The van der Waals surface area contributed by atoms with Crippen molar-refractivity contribution >= 4 is 39.4 Å². The lowest BCUT2D eigenvalue weighted by Crippen LogP contribution is -2.17. The summed E-state index contributed by atoms with van der Waals surface area (Å²) in [4.78, 5) is 16.5. The zero-order valence-electron chi connectivity index (χ0n) is 8.63. The molecule has 0 bridgehead atoms. The van der Waals surface area contributed by atoms with Gasteiger partial charge >= 0.3 is 0 Å². The molecular formula is C11H8BrN3OS. The molecule has 0 aliphatic carbocycles. The minimum absolute atomic E-state index is 0.231. The molecule has 0 aliphatic heterocycles. The van der Waals surface area contributed by atoms with Crippen molar-refractivity contribution in [2.45, 2.75) is 0 Å². The number of nitrogens with one attached hydrogen (secondary N) is 1. The molecule has 0 saturated heterocycles. The van der Waals surface area contributed by atoms with Gasteiger partial charge in [-0.3, -0.25) is 4.79 Å². The van der Waals surface area contributed by atoms with Crippen LogP contribution in [0.2, 0.25) is 0 Å². The van der Waals surface area contributed by atoms with E-state index >= 15 is 0 Å². The van der Waals surface area contributed by atoms with Crippen LogP contribution in [0, 0.1) is 0 Å². The number of nitrogens with zero attached hydrogens (tertiary/aromatic N) is 2. The molecule has 0 unspecified atom stereocenters. The molecule has 86 valence electrons. The summed E-state index contributed by atoms with van der Waals surface area (Å²) >= 11 is 4.69. The van der Waals surface area contributed by atoms with Gasteiger partial charge in [0.05, 0.1) is 11.1 Å². The first kappa shape index (κ1) is 11.9. The minimum atomic E-state index is -0.231. The topological polar surface area (TPSA) is 54.4 Å². The van der Waals surface area contributed by atoms with Crippen molar-refractivity contribution in [2.24, 2.45) is 5.10 Å². The van der Waals surface area contributed by atoms with Gasteiger partial charge in [0.25, 0.3) is 5.91 Å². The molecule has 0 radical (unpaired) electrons. The molecule has 17 heavy (non-hydrogen) atoms. The lowest BCUT2D eigenvalue weighted by molar-refractivity contribution is 0.0955. The van der Waals surface area contributed by atoms with Crippen LogP contribution in [-0.2, 0) is 0 Å². The predicted octanol–water partition coefficient (Wildman–Crippen LogP) is 2.67. The van der Waals surface area contributed by atoms with Crippen molar-refractivity contribution < 1.29 is 4.79 Å². The number of carbonyl (C=O) groups is 1. The average molecular weight is 310 g/mol. The Morgan fingerprint density at radius 1 is 1.41 bits per heavy atom. The second-order valence-electron chi connectivity index (χ2n) is 3.08. The van der Waals surface area contributed by atoms with Crippen LogP contribution in [0.15, 0.2) is 45.5 Å². The molecule has 2 rings (SSSR count). The molecule has 0 fully saturated rings. The number of aromatic nitrogens is 1. The van der Waals surface area contributed by atoms with Gasteiger partial charge in [0.1, 0.15) is 0 Å². The first-order valence-corrected chi connectivity index (χ1v) is 6.36. The Kier molecular flexibility index (Phi) is 4.00. The Bertz CT molecular complexity index is 539. The Hall–Kier alpha value is -1.53. The third-order valence-electron chi connectivity index (χ3n) is 1.89. The molecule has 1 aromatic carbocycles. The van der Waals surface area contributed by atoms with E-state index in [1.807, 2.05) is 6.07 Å². The second kappa shape index (κ2) is 5.70. The minimum Gasteiger partial charge on any atom is -0.267 e. The largest absolute Gasteiger partial charge is 0.271 e. The van der Waals surface area contributed by atoms with Gasteiger partial charge < -0.3 is 0 Å². The summed E-state index contributed by atoms with van der Waals surface area (Å²) < 4.78 is 0.785. The number of hydrazone groups is 1. The van der Waals surface area contributed by atoms with E-state index in [0.717, 1.165) is 8.79 Å². The summed E-state index contributed by atoms with van der Waals surface area (Å²) in [6.45, 7) is 0. The second-order valence-corrected chi connectivity index (χ2v) is 5.42. The van der Waals surface area contributed by atoms with Crippen LogP contribution in [0.3, 0.4) is 0 Å². The maximum Gasteiger partial charge on any atom is 0.271 e. The molecular weight excluding hydrogens is 302 g/mol. The maximum atomic E-state index is 11.6. The first-order valence-electron chi connectivity index (χ1n) is 4.75. The molecule has 1 aromatic heterocycles. The number of carbonyl (C=O) groups excluding carboxylic acids is 1. The SMILES string of the molecule is O=C(N/N=C/c1cnc(Br)s1)c1ccccc1. The molecule has 2 aromatic rings. The normalized spacial score (nSPS) is 10.6. The van der Waals surface area contributed by atoms with Gasteiger partial charge in [-0.25, -0.2) is 10.4 Å². The third-order valence-corrected chi connectivity index (χ3v) is 3.30. The van der Waals surface area contributed by atoms with Crippen molar-refractivity contribution in [1.82, 2.24) is 10.4 Å². The van der Waals surface area contributed by atoms with E-state index in [9.17, 15) is 4.79 Å². The molecule has 1 N–H and O–H groups in total. The van der Waals surface area contributed by atoms with Gasteiger partial charge in [-0.05, 0) is 28.1 Å². The Labute approximate surface area is 111 Å². The van der Waals surface area contributed by atoms with Gasteiger partial charge in [-0.2, -0.15) is 5.10 Å². The fourth-order valence-electron chi connectivity index (χ4n) is 1.13. The fraction of sp³-hybridized carbons (Fsp3) is 0. The van der Waals surface area contributed by atoms with Gasteiger partial charge in [-0.15, -0.1) is 11.3 Å². The Morgan fingerprint density at radius 2 is 2.18 bits per heavy atom. The monoisotopic (exact) mass is 309 g/mol. The average Bonchev–Trinajstić information content (AvgIpc) is 2.76. The van der Waals surface area contributed by atoms with E-state index < -0.39 is 0 Å². The number of halogens is 1. The van der Waals surface area contributed by atoms with E-state index in [1.54, 1.807) is 36.7 Å². The number of thiazole rings is 1. The quantitative estimate of drug-likeness (QED) is 0.700. The van der Waals surface area contributed by atoms with E-state index in [1.165, 1.54) is 11.3 Å². The molecule has 1 heterocycles. The maximum absolute atomic E-state index is 11.6. The van der Waals surface area contributed by atoms with Crippen molar-refractivity contribution in [3.63, 3.8) is 0 Å². The number of rotatable bonds is 3. The summed E-state index contributed by atoms with van der Waals surface area (Å²) in [5, 5.41) is 3.86. The number of amides is 1. The highest BCUT2D eigenvalue weighted by Crippen LogP contribution is 2.16. The summed E-state index contributed by atoms with van der Waals surface area (Å²) in [7, 11) is 0. The lowest BCUT2D eigenvalue weighted by atomic mass is 10.2. The van der Waals surface area contributed by atoms with Gasteiger partial charge in [0.2, 0.25) is 0 Å². The molecule has 0 atom stereocenters. The van der Waals surface area contributed by atoms with E-state index in [-0.39, 0.29) is 5.91 Å². The molecule has 4 nitrogen and oxygen atoms in total. The highest BCUT2D eigenvalue weighted by Gasteiger charge is 2.01. The van der Waals surface area contributed by atoms with Crippen LogP contribution >= 0.6 is 27.3 Å². The smallest absolute Gasteiger partial charge is 0.267 e. The number of hydrogen-bond acceptors (Lipinski definition) is 4. The van der Waals surface area contributed by atoms with Crippen molar-refractivity contribution in [2.75, 3.05) is 0 Å². The summed E-state index contributed by atoms with van der Waals surface area (Å²) in [5.41, 5.74) is 3.03. The van der Waals surface area contributed by atoms with E-state index in [0.29, 0.717) is 5.56 Å². The molecule has 0 aliphatic rings. The van der Waals surface area contributed by atoms with E-state index in [4.69, 9.17) is 0 Å². The number of hydrogen-bond donors (Lipinski definition) is 1. The number of benzene rings is 1. The fourth-order valence-corrected chi connectivity index (χ4v) is 2.31. The highest BCUT2D eigenvalue weighted by atomic mass is 79.9. The summed E-state index contributed by atoms with van der Waals surface area (Å²) in [6, 6.07) is 8.93. The lowest BCUT2D eigenvalue weighted by Gasteiger charge is -1.97. The van der Waals surface area contributed by atoms with Gasteiger partial charge in [-0.1, -0.05) is 18.2 Å². The summed E-state index contributed by atoms with van der Waals surface area (Å²) in [6.07, 6.45) is 3.23. The Morgan fingerprint density at radius 3 is 2.82 bits per heavy atom. The predicted molar refractivity (Wildman–Crippen MR) is 71.3 cm³/mol. The molecule has 1 amide bonds. The highest BCUT2D eigenvalue weighted by molar-refractivity contribution is 9.11. The van der Waals surface area contributed by atoms with Crippen LogP contribution in [0.1, 0.15) is 15.2 Å². The van der Waals surface area contributed by atoms with Crippen molar-refractivity contribution in [3.05, 3.63) is 50.9 Å². The van der Waals surface area contributed by atoms with Crippen LogP contribution in [0.4, 0.5) is 0 Å². The van der Waals surface area contributed by atoms with Crippen LogP contribution < -0.4 is 5.43 Å². The summed E-state index contributed by atoms with van der Waals surface area (Å²) in [5.74, 6) is -0.231. The van der Waals surface area contributed by atoms with Crippen LogP contribution in [-0.4, -0.2) is 17.1 Å². The third kappa shape index (κ3) is 3.47. The van der Waals surface area contributed by atoms with Gasteiger partial charge in [0.15, 0.2) is 3.92 Å². The first-order chi connectivity index (χ1) is 8.25. The van der Waals surface area contributed by atoms with E-state index in [2.05, 4.69) is 31.4 Å². The standard InChI is InChI=1S/C11H8BrN3OS/c12-11-13-6-9(17-11)7-14-15-10(16)8-4-2-1-3-5-8/h1-7H,(H,15,16)/b14-7+. The zero-order valence-corrected chi connectivity index (χ0v) is 11.0. The van der Waals surface area contributed by atoms with Gasteiger partial charge in [0, 0.05) is 11.8 Å². The van der Waals surface area contributed by atoms with Crippen molar-refractivity contribution in [1.29, 1.82) is 0 Å². The van der Waals surface area contributed by atoms with Crippen molar-refractivity contribution in [3.8, 4) is 0 Å². The molecule has 6 heteroatoms. The van der Waals surface area contributed by atoms with Crippen LogP contribution in [0.25, 0.3) is 0 Å². The zero-order chi connectivity index (χ0) is 12.1.